The molecule has 0 bridgehead atoms. The van der Waals surface area contributed by atoms with E-state index in [0.29, 0.717) is 0 Å². The molecule has 5 rings (SSSR count). The van der Waals surface area contributed by atoms with Gasteiger partial charge in [0.15, 0.2) is 0 Å². The Balaban J connectivity index is 2.23. The van der Waals surface area contributed by atoms with Crippen molar-refractivity contribution in [2.75, 3.05) is 0 Å². The van der Waals surface area contributed by atoms with Crippen LogP contribution in [0.3, 0.4) is 0 Å². The van der Waals surface area contributed by atoms with Crippen molar-refractivity contribution >= 4 is 43.1 Å². The van der Waals surface area contributed by atoms with Gasteiger partial charge in [0.25, 0.3) is 0 Å². The van der Waals surface area contributed by atoms with Crippen molar-refractivity contribution in [3.05, 3.63) is 69.8 Å². The zero-order valence-corrected chi connectivity index (χ0v) is 26.5. The SMILES string of the molecule is Cc1cc(C(C)(C)C)c2c(C(C)(C)C)ccc3c4ccc(C(C)(C)C)c5c(C(C)(C)C)cc(C)c(c1c23)c54. The van der Waals surface area contributed by atoms with Crippen molar-refractivity contribution < 1.29 is 0 Å². The second kappa shape index (κ2) is 7.97. The molecule has 0 atom stereocenters. The van der Waals surface area contributed by atoms with E-state index in [1.165, 1.54) is 76.5 Å². The standard InChI is InChI=1S/C38H48/c1-21-19-27(37(9,10)11)33-25(35(3,4)5)17-15-23-24-16-18-26(36(6,7)8)34-28(38(12,13)14)20-22(2)30(32(24)34)29(21)31(23)33/h15-20H,1-14H3. The Morgan fingerprint density at radius 3 is 0.895 bits per heavy atom. The first kappa shape index (κ1) is 27.0. The highest BCUT2D eigenvalue weighted by atomic mass is 14.3. The van der Waals surface area contributed by atoms with Crippen molar-refractivity contribution in [3.8, 4) is 0 Å². The number of aryl methyl sites for hydroxylation is 2. The second-order valence-electron chi connectivity index (χ2n) is 16.1. The molecule has 0 aromatic heterocycles. The van der Waals surface area contributed by atoms with Crippen LogP contribution in [0.1, 0.15) is 116 Å². The highest BCUT2D eigenvalue weighted by Crippen LogP contribution is 2.51. The number of benzene rings is 5. The molecular formula is C38H48. The van der Waals surface area contributed by atoms with Crippen LogP contribution in [0.4, 0.5) is 0 Å². The first-order chi connectivity index (χ1) is 17.2. The summed E-state index contributed by atoms with van der Waals surface area (Å²) in [6.45, 7) is 33.1. The second-order valence-corrected chi connectivity index (χ2v) is 16.1. The maximum absolute atomic E-state index is 2.51. The highest BCUT2D eigenvalue weighted by Gasteiger charge is 2.31. The third kappa shape index (κ3) is 3.85. The minimum absolute atomic E-state index is 0.0543. The molecule has 0 N–H and O–H groups in total. The van der Waals surface area contributed by atoms with E-state index in [2.05, 4.69) is 133 Å². The summed E-state index contributed by atoms with van der Waals surface area (Å²) < 4.78 is 0. The zero-order valence-electron chi connectivity index (χ0n) is 26.5. The molecule has 0 aliphatic heterocycles. The highest BCUT2D eigenvalue weighted by molar-refractivity contribution is 6.35. The molecule has 200 valence electrons. The average Bonchev–Trinajstić information content (AvgIpc) is 2.75. The van der Waals surface area contributed by atoms with Gasteiger partial charge in [-0.2, -0.15) is 0 Å². The molecule has 0 radical (unpaired) electrons. The van der Waals surface area contributed by atoms with Gasteiger partial charge < -0.3 is 0 Å². The van der Waals surface area contributed by atoms with Crippen molar-refractivity contribution in [1.29, 1.82) is 0 Å². The number of hydrogen-bond acceptors (Lipinski definition) is 0. The summed E-state index contributed by atoms with van der Waals surface area (Å²) in [7, 11) is 0. The van der Waals surface area contributed by atoms with Gasteiger partial charge >= 0.3 is 0 Å². The van der Waals surface area contributed by atoms with E-state index in [0.717, 1.165) is 0 Å². The Bertz CT molecular complexity index is 1600. The quantitative estimate of drug-likeness (QED) is 0.145. The molecular weight excluding hydrogens is 456 g/mol. The minimum atomic E-state index is 0.0543. The van der Waals surface area contributed by atoms with Gasteiger partial charge in [-0.3, -0.25) is 0 Å². The minimum Gasteiger partial charge on any atom is -0.0572 e. The molecule has 0 fully saturated rings. The molecule has 5 aromatic rings. The molecule has 0 spiro atoms. The first-order valence-corrected chi connectivity index (χ1v) is 14.5. The van der Waals surface area contributed by atoms with Gasteiger partial charge in [0.05, 0.1) is 0 Å². The summed E-state index contributed by atoms with van der Waals surface area (Å²) in [5.41, 5.74) is 8.87. The molecule has 0 nitrogen and oxygen atoms in total. The van der Waals surface area contributed by atoms with Gasteiger partial charge in [-0.1, -0.05) is 119 Å². The number of rotatable bonds is 0. The maximum Gasteiger partial charge on any atom is -0.00176 e. The summed E-state index contributed by atoms with van der Waals surface area (Å²) in [6, 6.07) is 14.8. The van der Waals surface area contributed by atoms with Gasteiger partial charge in [0.1, 0.15) is 0 Å². The molecule has 0 heterocycles. The molecule has 0 aliphatic carbocycles. The lowest BCUT2D eigenvalue weighted by molar-refractivity contribution is 0.580. The maximum atomic E-state index is 2.51. The molecule has 38 heavy (non-hydrogen) atoms. The van der Waals surface area contributed by atoms with Crippen LogP contribution < -0.4 is 0 Å². The monoisotopic (exact) mass is 504 g/mol. The normalized spacial score (nSPS) is 14.1. The first-order valence-electron chi connectivity index (χ1n) is 14.5. The van der Waals surface area contributed by atoms with Crippen LogP contribution >= 0.6 is 0 Å². The topological polar surface area (TPSA) is 0 Å². The third-order valence-electron chi connectivity index (χ3n) is 8.73. The van der Waals surface area contributed by atoms with Crippen LogP contribution in [-0.2, 0) is 21.7 Å². The molecule has 0 unspecified atom stereocenters. The lowest BCUT2D eigenvalue weighted by Gasteiger charge is -2.33. The lowest BCUT2D eigenvalue weighted by atomic mass is 9.71. The van der Waals surface area contributed by atoms with Gasteiger partial charge in [-0.25, -0.2) is 0 Å². The van der Waals surface area contributed by atoms with Gasteiger partial charge in [0, 0.05) is 0 Å². The summed E-state index contributed by atoms with van der Waals surface area (Å²) >= 11 is 0. The van der Waals surface area contributed by atoms with Crippen LogP contribution in [-0.4, -0.2) is 0 Å². The van der Waals surface area contributed by atoms with Gasteiger partial charge in [-0.15, -0.1) is 0 Å². The molecule has 0 amide bonds. The summed E-state index contributed by atoms with van der Waals surface area (Å²) in [6.07, 6.45) is 0. The van der Waals surface area contributed by atoms with Crippen LogP contribution in [0, 0.1) is 13.8 Å². The number of hydrogen-bond donors (Lipinski definition) is 0. The van der Waals surface area contributed by atoms with Crippen LogP contribution in [0.25, 0.3) is 43.1 Å². The summed E-state index contributed by atoms with van der Waals surface area (Å²) in [5.74, 6) is 0. The van der Waals surface area contributed by atoms with E-state index in [1.54, 1.807) is 0 Å². The third-order valence-corrected chi connectivity index (χ3v) is 8.73. The van der Waals surface area contributed by atoms with E-state index in [1.807, 2.05) is 0 Å². The Morgan fingerprint density at radius 2 is 0.632 bits per heavy atom. The molecule has 0 heteroatoms. The van der Waals surface area contributed by atoms with Gasteiger partial charge in [0.2, 0.25) is 0 Å². The van der Waals surface area contributed by atoms with Crippen LogP contribution in [0.5, 0.6) is 0 Å². The molecule has 5 aromatic carbocycles. The predicted molar refractivity (Wildman–Crippen MR) is 172 cm³/mol. The Morgan fingerprint density at radius 1 is 0.342 bits per heavy atom. The Hall–Kier alpha value is -2.60. The Labute approximate surface area is 231 Å². The van der Waals surface area contributed by atoms with Crippen LogP contribution in [0.15, 0.2) is 36.4 Å². The van der Waals surface area contributed by atoms with E-state index in [9.17, 15) is 0 Å². The lowest BCUT2D eigenvalue weighted by Crippen LogP contribution is -2.19. The fourth-order valence-corrected chi connectivity index (χ4v) is 6.93. The van der Waals surface area contributed by atoms with E-state index >= 15 is 0 Å². The van der Waals surface area contributed by atoms with Crippen molar-refractivity contribution in [1.82, 2.24) is 0 Å². The fourth-order valence-electron chi connectivity index (χ4n) is 6.93. The van der Waals surface area contributed by atoms with Crippen molar-refractivity contribution in [2.45, 2.75) is 119 Å². The molecule has 0 saturated heterocycles. The van der Waals surface area contributed by atoms with Crippen molar-refractivity contribution in [3.63, 3.8) is 0 Å². The van der Waals surface area contributed by atoms with E-state index in [4.69, 9.17) is 0 Å². The van der Waals surface area contributed by atoms with E-state index < -0.39 is 0 Å². The molecule has 0 saturated carbocycles. The fraction of sp³-hybridized carbons (Fsp3) is 0.474. The largest absolute Gasteiger partial charge is 0.0572 e. The Kier molecular flexibility index (Phi) is 5.66. The van der Waals surface area contributed by atoms with Crippen molar-refractivity contribution in [2.24, 2.45) is 0 Å². The predicted octanol–water partition coefficient (Wildman–Crippen LogP) is 11.5. The zero-order chi connectivity index (χ0) is 28.3. The average molecular weight is 505 g/mol. The van der Waals surface area contributed by atoms with Gasteiger partial charge in [-0.05, 0) is 112 Å². The van der Waals surface area contributed by atoms with Crippen LogP contribution in [0.2, 0.25) is 0 Å². The smallest absolute Gasteiger partial charge is 0.00176 e. The summed E-state index contributed by atoms with van der Waals surface area (Å²) in [5, 5.41) is 11.6. The number of fused-ring (bicyclic) bond motifs is 2. The summed E-state index contributed by atoms with van der Waals surface area (Å²) in [4.78, 5) is 0. The molecule has 0 aliphatic rings. The van der Waals surface area contributed by atoms with E-state index in [-0.39, 0.29) is 21.7 Å².